The Morgan fingerprint density at radius 1 is 1.07 bits per heavy atom. The van der Waals surface area contributed by atoms with Gasteiger partial charge in [-0.3, -0.25) is 24.4 Å². The number of imide groups is 1. The third-order valence-corrected chi connectivity index (χ3v) is 9.10. The van der Waals surface area contributed by atoms with Gasteiger partial charge in [0.15, 0.2) is 5.82 Å². The predicted molar refractivity (Wildman–Crippen MR) is 169 cm³/mol. The van der Waals surface area contributed by atoms with E-state index in [0.29, 0.717) is 54.8 Å². The molecular formula is C31H32ClN9O3. The number of nitrogens with one attached hydrogen (secondary N) is 2. The minimum absolute atomic E-state index is 0.0741. The molecule has 3 aliphatic rings. The normalized spacial score (nSPS) is 20.4. The number of carbonyl (C=O) groups excluding carboxylic acids is 3. The van der Waals surface area contributed by atoms with Crippen LogP contribution in [0.3, 0.4) is 0 Å². The van der Waals surface area contributed by atoms with E-state index < -0.39 is 5.92 Å². The molecule has 2 saturated heterocycles. The molecule has 3 amide bonds. The molecule has 2 fully saturated rings. The van der Waals surface area contributed by atoms with Gasteiger partial charge >= 0.3 is 0 Å². The van der Waals surface area contributed by atoms with Gasteiger partial charge in [-0.05, 0) is 55.3 Å². The Balaban J connectivity index is 1.07. The highest BCUT2D eigenvalue weighted by molar-refractivity contribution is 6.33. The van der Waals surface area contributed by atoms with Gasteiger partial charge in [-0.1, -0.05) is 11.6 Å². The van der Waals surface area contributed by atoms with Gasteiger partial charge in [0.05, 0.1) is 29.7 Å². The van der Waals surface area contributed by atoms with E-state index in [1.807, 2.05) is 36.0 Å². The second kappa shape index (κ2) is 10.8. The van der Waals surface area contributed by atoms with E-state index in [4.69, 9.17) is 16.6 Å². The molecule has 7 rings (SSSR count). The number of nitrogens with zero attached hydrogens (tertiary/aromatic N) is 7. The summed E-state index contributed by atoms with van der Waals surface area (Å²) in [5.41, 5.74) is 5.41. The number of halogens is 1. The Hall–Kier alpha value is -4.71. The highest BCUT2D eigenvalue weighted by atomic mass is 35.5. The lowest BCUT2D eigenvalue weighted by atomic mass is 9.92. The first-order valence-electron chi connectivity index (χ1n) is 14.7. The summed E-state index contributed by atoms with van der Waals surface area (Å²) < 4.78 is 1.81. The number of aryl methyl sites for hydroxylation is 1. The van der Waals surface area contributed by atoms with Gasteiger partial charge < -0.3 is 20.0 Å². The lowest BCUT2D eigenvalue weighted by Crippen LogP contribution is -2.52. The number of likely N-dealkylation sites (N-methyl/N-ethyl adjacent to an activating group) is 1. The number of carbonyl (C=O) groups is 3. The number of amides is 3. The van der Waals surface area contributed by atoms with Crippen molar-refractivity contribution < 1.29 is 14.4 Å². The van der Waals surface area contributed by atoms with Crippen LogP contribution in [0.4, 0.5) is 28.8 Å². The fourth-order valence-electron chi connectivity index (χ4n) is 6.47. The first-order chi connectivity index (χ1) is 21.2. The van der Waals surface area contributed by atoms with Gasteiger partial charge in [0.2, 0.25) is 23.7 Å². The zero-order chi connectivity index (χ0) is 30.7. The Labute approximate surface area is 259 Å². The molecule has 3 aliphatic heterocycles. The molecule has 2 unspecified atom stereocenters. The number of hydrogen-bond acceptors (Lipinski definition) is 9. The number of fused-ring (bicyclic) bond motifs is 2. The van der Waals surface area contributed by atoms with Crippen molar-refractivity contribution in [1.29, 1.82) is 0 Å². The highest BCUT2D eigenvalue weighted by Gasteiger charge is 2.32. The molecule has 13 heteroatoms. The van der Waals surface area contributed by atoms with Crippen molar-refractivity contribution in [2.75, 3.05) is 46.7 Å². The van der Waals surface area contributed by atoms with Crippen molar-refractivity contribution in [1.82, 2.24) is 25.1 Å². The molecule has 2 aromatic carbocycles. The van der Waals surface area contributed by atoms with Crippen LogP contribution >= 0.6 is 11.6 Å². The van der Waals surface area contributed by atoms with Crippen LogP contribution in [0.1, 0.15) is 36.9 Å². The quantitative estimate of drug-likeness (QED) is 0.325. The lowest BCUT2D eigenvalue weighted by molar-refractivity contribution is -0.134. The minimum atomic E-state index is -0.433. The molecule has 2 N–H and O–H groups in total. The molecule has 2 aromatic heterocycles. The predicted octanol–water partition coefficient (Wildman–Crippen LogP) is 3.51. The smallest absolute Gasteiger partial charge is 0.235 e. The third-order valence-electron chi connectivity index (χ3n) is 8.83. The average molecular weight is 614 g/mol. The van der Waals surface area contributed by atoms with E-state index in [0.717, 1.165) is 40.1 Å². The molecule has 0 bridgehead atoms. The first kappa shape index (κ1) is 28.1. The number of hydrogen-bond donors (Lipinski definition) is 2. The average Bonchev–Trinajstić information content (AvgIpc) is 3.48. The van der Waals surface area contributed by atoms with Crippen LogP contribution in [0.25, 0.3) is 10.9 Å². The maximum Gasteiger partial charge on any atom is 0.235 e. The standard InChI is InChI=1S/C31H32ClN9O3/c1-17-16-40(31-33-15-23(32)29(36-31)34-19-4-8-24-18(12-19)13-27(43)38(24)2)10-11-41(17)20-5-6-21-25(14-20)39(3)37-28(21)22-7-9-26(42)35-30(22)44/h4-6,8,12,14-15,17,22H,7,9-11,13,16H2,1-3H3,(H,33,34,36)(H,35,42,44). The molecule has 0 aliphatic carbocycles. The maximum absolute atomic E-state index is 12.5. The van der Waals surface area contributed by atoms with Crippen LogP contribution in [0.15, 0.2) is 42.6 Å². The van der Waals surface area contributed by atoms with Gasteiger partial charge in [-0.25, -0.2) is 4.98 Å². The van der Waals surface area contributed by atoms with Crippen LogP contribution < -0.4 is 25.3 Å². The van der Waals surface area contributed by atoms with Crippen LogP contribution in [-0.2, 0) is 27.9 Å². The number of piperidine rings is 1. The number of rotatable bonds is 5. The summed E-state index contributed by atoms with van der Waals surface area (Å²) in [7, 11) is 3.67. The van der Waals surface area contributed by atoms with Gasteiger partial charge in [-0.15, -0.1) is 0 Å². The fraction of sp³-hybridized carbons (Fsp3) is 0.355. The van der Waals surface area contributed by atoms with Crippen molar-refractivity contribution in [2.24, 2.45) is 7.05 Å². The summed E-state index contributed by atoms with van der Waals surface area (Å²) in [6, 6.07) is 12.2. The zero-order valence-corrected chi connectivity index (χ0v) is 25.4. The van der Waals surface area contributed by atoms with Crippen molar-refractivity contribution >= 4 is 69.1 Å². The Bertz CT molecular complexity index is 1840. The Morgan fingerprint density at radius 2 is 1.91 bits per heavy atom. The summed E-state index contributed by atoms with van der Waals surface area (Å²) >= 11 is 6.49. The number of anilines is 5. The topological polar surface area (TPSA) is 129 Å². The SMILES string of the molecule is CC1CN(c2ncc(Cl)c(Nc3ccc4c(c3)CC(=O)N4C)n2)CCN1c1ccc2c(C3CCC(=O)NC3=O)nn(C)c2c1. The van der Waals surface area contributed by atoms with Crippen molar-refractivity contribution in [3.63, 3.8) is 0 Å². The van der Waals surface area contributed by atoms with Gasteiger partial charge in [-0.2, -0.15) is 10.1 Å². The number of piperazine rings is 1. The molecule has 226 valence electrons. The molecule has 12 nitrogen and oxygen atoms in total. The Morgan fingerprint density at radius 3 is 2.70 bits per heavy atom. The highest BCUT2D eigenvalue weighted by Crippen LogP contribution is 2.35. The molecule has 5 heterocycles. The summed E-state index contributed by atoms with van der Waals surface area (Å²) in [6.45, 7) is 4.35. The van der Waals surface area contributed by atoms with Crippen molar-refractivity contribution in [3.8, 4) is 0 Å². The first-order valence-corrected chi connectivity index (χ1v) is 15.0. The number of benzene rings is 2. The van der Waals surface area contributed by atoms with Crippen LogP contribution in [0.5, 0.6) is 0 Å². The largest absolute Gasteiger partial charge is 0.365 e. The van der Waals surface area contributed by atoms with E-state index in [1.165, 1.54) is 0 Å². The molecule has 0 radical (unpaired) electrons. The summed E-state index contributed by atoms with van der Waals surface area (Å²) in [4.78, 5) is 51.8. The Kier molecular flexibility index (Phi) is 6.88. The van der Waals surface area contributed by atoms with E-state index in [-0.39, 0.29) is 23.8 Å². The molecular weight excluding hydrogens is 582 g/mol. The second-order valence-electron chi connectivity index (χ2n) is 11.7. The zero-order valence-electron chi connectivity index (χ0n) is 24.7. The molecule has 0 saturated carbocycles. The number of aromatic nitrogens is 4. The lowest BCUT2D eigenvalue weighted by Gasteiger charge is -2.41. The monoisotopic (exact) mass is 613 g/mol. The van der Waals surface area contributed by atoms with Crippen LogP contribution in [0.2, 0.25) is 5.02 Å². The third kappa shape index (κ3) is 4.88. The maximum atomic E-state index is 12.5. The molecule has 4 aromatic rings. The van der Waals surface area contributed by atoms with E-state index >= 15 is 0 Å². The van der Waals surface area contributed by atoms with Crippen molar-refractivity contribution in [2.45, 2.75) is 38.1 Å². The summed E-state index contributed by atoms with van der Waals surface area (Å²) in [5.74, 6) is 0.231. The van der Waals surface area contributed by atoms with Crippen molar-refractivity contribution in [3.05, 3.63) is 58.9 Å². The van der Waals surface area contributed by atoms with Gasteiger partial charge in [0.25, 0.3) is 0 Å². The van der Waals surface area contributed by atoms with Gasteiger partial charge in [0, 0.05) is 68.6 Å². The van der Waals surface area contributed by atoms with Crippen LogP contribution in [-0.4, -0.2) is 70.2 Å². The van der Waals surface area contributed by atoms with E-state index in [9.17, 15) is 14.4 Å². The molecule has 44 heavy (non-hydrogen) atoms. The van der Waals surface area contributed by atoms with E-state index in [2.05, 4.69) is 49.6 Å². The van der Waals surface area contributed by atoms with Crippen LogP contribution in [0, 0.1) is 0 Å². The summed E-state index contributed by atoms with van der Waals surface area (Å²) in [5, 5.41) is 11.8. The molecule has 0 spiro atoms. The van der Waals surface area contributed by atoms with Gasteiger partial charge in [0.1, 0.15) is 5.02 Å². The molecule has 2 atom stereocenters. The van der Waals surface area contributed by atoms with E-state index in [1.54, 1.807) is 18.1 Å². The minimum Gasteiger partial charge on any atom is -0.365 e. The fourth-order valence-corrected chi connectivity index (χ4v) is 6.61. The summed E-state index contributed by atoms with van der Waals surface area (Å²) in [6.07, 6.45) is 2.77. The second-order valence-corrected chi connectivity index (χ2v) is 12.1.